The Kier molecular flexibility index (Phi) is 5.05. The van der Waals surface area contributed by atoms with Crippen LogP contribution < -0.4 is 10.5 Å². The Bertz CT molecular complexity index is 601. The molecule has 1 heterocycles. The first-order valence-corrected chi connectivity index (χ1v) is 8.90. The van der Waals surface area contributed by atoms with Gasteiger partial charge in [0.25, 0.3) is 5.91 Å². The Morgan fingerprint density at radius 2 is 2.05 bits per heavy atom. The molecule has 0 radical (unpaired) electrons. The van der Waals surface area contributed by atoms with E-state index in [9.17, 15) is 13.2 Å². The van der Waals surface area contributed by atoms with Crippen molar-refractivity contribution in [2.45, 2.75) is 43.4 Å². The lowest BCUT2D eigenvalue weighted by atomic mass is 9.87. The number of aryl methyl sites for hydroxylation is 1. The van der Waals surface area contributed by atoms with Gasteiger partial charge in [-0.3, -0.25) is 4.79 Å². The van der Waals surface area contributed by atoms with Crippen molar-refractivity contribution in [3.05, 3.63) is 18.0 Å². The van der Waals surface area contributed by atoms with Gasteiger partial charge in [-0.25, -0.2) is 13.6 Å². The molecule has 0 saturated heterocycles. The summed E-state index contributed by atoms with van der Waals surface area (Å²) in [6, 6.07) is 1.31. The largest absolute Gasteiger partial charge is 0.351 e. The second-order valence-electron chi connectivity index (χ2n) is 5.77. The number of hydrogen-bond acceptors (Lipinski definition) is 3. The summed E-state index contributed by atoms with van der Waals surface area (Å²) in [4.78, 5) is 12.0. The molecule has 1 amide bonds. The fourth-order valence-corrected chi connectivity index (χ4v) is 3.45. The molecule has 2 rings (SSSR count). The van der Waals surface area contributed by atoms with Crippen molar-refractivity contribution < 1.29 is 13.2 Å². The maximum absolute atomic E-state index is 12.1. The molecule has 0 spiro atoms. The van der Waals surface area contributed by atoms with Crippen molar-refractivity contribution in [1.29, 1.82) is 0 Å². The predicted molar refractivity (Wildman–Crippen MR) is 80.3 cm³/mol. The number of hydrogen-bond donors (Lipinski definition) is 2. The van der Waals surface area contributed by atoms with Crippen molar-refractivity contribution in [2.75, 3.05) is 6.54 Å². The lowest BCUT2D eigenvalue weighted by Crippen LogP contribution is -2.27. The molecule has 21 heavy (non-hydrogen) atoms. The van der Waals surface area contributed by atoms with Crippen molar-refractivity contribution in [3.8, 4) is 0 Å². The average molecular weight is 313 g/mol. The van der Waals surface area contributed by atoms with Crippen LogP contribution in [0.1, 0.15) is 49.0 Å². The third-order valence-electron chi connectivity index (χ3n) is 4.10. The average Bonchev–Trinajstić information content (AvgIpc) is 2.82. The highest BCUT2D eigenvalue weighted by atomic mass is 32.2. The van der Waals surface area contributed by atoms with Gasteiger partial charge in [-0.2, -0.15) is 0 Å². The van der Waals surface area contributed by atoms with Gasteiger partial charge in [0.15, 0.2) is 0 Å². The van der Waals surface area contributed by atoms with Gasteiger partial charge in [0.05, 0.1) is 0 Å². The molecular weight excluding hydrogens is 290 g/mol. The number of rotatable bonds is 5. The van der Waals surface area contributed by atoms with Gasteiger partial charge < -0.3 is 9.88 Å². The van der Waals surface area contributed by atoms with Crippen LogP contribution >= 0.6 is 0 Å². The third-order valence-corrected chi connectivity index (χ3v) is 4.98. The van der Waals surface area contributed by atoms with Gasteiger partial charge in [-0.1, -0.05) is 32.1 Å². The smallest absolute Gasteiger partial charge is 0.267 e. The fraction of sp³-hybridized carbons (Fsp3) is 0.643. The van der Waals surface area contributed by atoms with Crippen LogP contribution in [0.3, 0.4) is 0 Å². The van der Waals surface area contributed by atoms with Gasteiger partial charge in [-0.15, -0.1) is 0 Å². The van der Waals surface area contributed by atoms with E-state index in [0.717, 1.165) is 6.42 Å². The van der Waals surface area contributed by atoms with Gasteiger partial charge in [0.1, 0.15) is 10.6 Å². The molecule has 0 aromatic carbocycles. The summed E-state index contributed by atoms with van der Waals surface area (Å²) in [6.07, 6.45) is 8.72. The lowest BCUT2D eigenvalue weighted by molar-refractivity contribution is 0.0942. The first-order valence-electron chi connectivity index (χ1n) is 7.35. The van der Waals surface area contributed by atoms with Crippen LogP contribution in [0.4, 0.5) is 0 Å². The minimum atomic E-state index is -3.78. The number of amides is 1. The van der Waals surface area contributed by atoms with Crippen molar-refractivity contribution in [1.82, 2.24) is 9.88 Å². The highest BCUT2D eigenvalue weighted by molar-refractivity contribution is 7.89. The van der Waals surface area contributed by atoms with E-state index in [4.69, 9.17) is 5.14 Å². The maximum Gasteiger partial charge on any atom is 0.267 e. The minimum absolute atomic E-state index is 0.0394. The van der Waals surface area contributed by atoms with Crippen LogP contribution in [0.15, 0.2) is 17.2 Å². The Labute approximate surface area is 125 Å². The number of primary sulfonamides is 1. The maximum atomic E-state index is 12.1. The molecule has 118 valence electrons. The zero-order valence-corrected chi connectivity index (χ0v) is 13.2. The molecule has 1 saturated carbocycles. The van der Waals surface area contributed by atoms with Crippen LogP contribution in [0, 0.1) is 5.92 Å². The number of carbonyl (C=O) groups is 1. The van der Waals surface area contributed by atoms with Crippen molar-refractivity contribution >= 4 is 15.9 Å². The first kappa shape index (κ1) is 16.0. The van der Waals surface area contributed by atoms with E-state index in [2.05, 4.69) is 5.32 Å². The Morgan fingerprint density at radius 3 is 2.62 bits per heavy atom. The molecule has 0 unspecified atom stereocenters. The number of aromatic nitrogens is 1. The predicted octanol–water partition coefficient (Wildman–Crippen LogP) is 1.37. The van der Waals surface area contributed by atoms with E-state index in [1.54, 1.807) is 7.05 Å². The Hall–Kier alpha value is -1.34. The van der Waals surface area contributed by atoms with E-state index in [0.29, 0.717) is 18.2 Å². The van der Waals surface area contributed by atoms with Crippen molar-refractivity contribution in [2.24, 2.45) is 18.1 Å². The van der Waals surface area contributed by atoms with E-state index >= 15 is 0 Å². The highest BCUT2D eigenvalue weighted by Crippen LogP contribution is 2.25. The van der Waals surface area contributed by atoms with Crippen LogP contribution in [0.25, 0.3) is 0 Å². The van der Waals surface area contributed by atoms with Crippen LogP contribution in [0.2, 0.25) is 0 Å². The highest BCUT2D eigenvalue weighted by Gasteiger charge is 2.18. The summed E-state index contributed by atoms with van der Waals surface area (Å²) in [5.41, 5.74) is 0.308. The summed E-state index contributed by atoms with van der Waals surface area (Å²) in [5.74, 6) is 0.440. The molecule has 1 aromatic heterocycles. The summed E-state index contributed by atoms with van der Waals surface area (Å²) in [7, 11) is -2.15. The number of nitrogens with zero attached hydrogens (tertiary/aromatic N) is 1. The Morgan fingerprint density at radius 1 is 1.38 bits per heavy atom. The molecule has 0 atom stereocenters. The summed E-state index contributed by atoms with van der Waals surface area (Å²) in [6.45, 7) is 0.624. The second-order valence-corrected chi connectivity index (χ2v) is 7.33. The van der Waals surface area contributed by atoms with Crippen molar-refractivity contribution in [3.63, 3.8) is 0 Å². The summed E-state index contributed by atoms with van der Waals surface area (Å²) < 4.78 is 24.0. The number of carbonyl (C=O) groups excluding carboxylic acids is 1. The molecule has 1 aromatic rings. The number of sulfonamides is 1. The van der Waals surface area contributed by atoms with Gasteiger partial charge >= 0.3 is 0 Å². The summed E-state index contributed by atoms with van der Waals surface area (Å²) >= 11 is 0. The molecule has 1 fully saturated rings. The molecule has 0 aliphatic heterocycles. The van der Waals surface area contributed by atoms with Gasteiger partial charge in [0, 0.05) is 19.8 Å². The van der Waals surface area contributed by atoms with E-state index in [1.807, 2.05) is 0 Å². The molecule has 7 heteroatoms. The van der Waals surface area contributed by atoms with E-state index in [1.165, 1.54) is 48.9 Å². The Balaban J connectivity index is 1.90. The second kappa shape index (κ2) is 6.62. The SMILES string of the molecule is Cn1cc(S(N)(=O)=O)cc1C(=O)NCCC1CCCCC1. The first-order chi connectivity index (χ1) is 9.88. The zero-order chi connectivity index (χ0) is 15.5. The normalized spacial score (nSPS) is 16.9. The number of nitrogens with one attached hydrogen (secondary N) is 1. The van der Waals surface area contributed by atoms with Gasteiger partial charge in [-0.05, 0) is 18.4 Å². The molecule has 0 bridgehead atoms. The number of nitrogens with two attached hydrogens (primary N) is 1. The molecule has 3 N–H and O–H groups in total. The van der Waals surface area contributed by atoms with Crippen LogP contribution in [0.5, 0.6) is 0 Å². The van der Waals surface area contributed by atoms with E-state index in [-0.39, 0.29) is 10.8 Å². The topological polar surface area (TPSA) is 94.2 Å². The van der Waals surface area contributed by atoms with Gasteiger partial charge in [0.2, 0.25) is 10.0 Å². The van der Waals surface area contributed by atoms with Crippen LogP contribution in [-0.2, 0) is 17.1 Å². The zero-order valence-electron chi connectivity index (χ0n) is 12.3. The minimum Gasteiger partial charge on any atom is -0.351 e. The summed E-state index contributed by atoms with van der Waals surface area (Å²) in [5, 5.41) is 7.92. The molecule has 1 aliphatic rings. The quantitative estimate of drug-likeness (QED) is 0.859. The van der Waals surface area contributed by atoms with E-state index < -0.39 is 10.0 Å². The molecule has 6 nitrogen and oxygen atoms in total. The third kappa shape index (κ3) is 4.31. The molecular formula is C14H23N3O3S. The monoisotopic (exact) mass is 313 g/mol. The standard InChI is InChI=1S/C14H23N3O3S/c1-17-10-12(21(15,19)20)9-13(17)14(18)16-8-7-11-5-3-2-4-6-11/h9-11H,2-8H2,1H3,(H,16,18)(H2,15,19,20). The van der Waals surface area contributed by atoms with Crippen LogP contribution in [-0.4, -0.2) is 25.4 Å². The lowest BCUT2D eigenvalue weighted by Gasteiger charge is -2.21. The fourth-order valence-electron chi connectivity index (χ4n) is 2.87. The molecule has 1 aliphatic carbocycles.